The van der Waals surface area contributed by atoms with Crippen LogP contribution in [0.2, 0.25) is 0 Å². The molecule has 1 saturated heterocycles. The lowest BCUT2D eigenvalue weighted by molar-refractivity contribution is -0.125. The molecule has 1 aliphatic heterocycles. The zero-order chi connectivity index (χ0) is 15.8. The van der Waals surface area contributed by atoms with Crippen molar-refractivity contribution in [3.63, 3.8) is 0 Å². The van der Waals surface area contributed by atoms with Crippen LogP contribution in [0.25, 0.3) is 0 Å². The van der Waals surface area contributed by atoms with Crippen molar-refractivity contribution in [1.82, 2.24) is 15.5 Å². The highest BCUT2D eigenvalue weighted by Gasteiger charge is 2.23. The third-order valence-corrected chi connectivity index (χ3v) is 4.46. The SMILES string of the molecule is Cl.Cl.NCC(=O)NCC(=O)NCC(c1cccs1)N1CCOCC1. The largest absolute Gasteiger partial charge is 0.379 e. The molecule has 1 aromatic heterocycles. The van der Waals surface area contributed by atoms with Crippen molar-refractivity contribution in [1.29, 1.82) is 0 Å². The quantitative estimate of drug-likeness (QED) is 0.607. The molecule has 0 saturated carbocycles. The minimum Gasteiger partial charge on any atom is -0.379 e. The highest BCUT2D eigenvalue weighted by atomic mass is 35.5. The molecule has 0 aliphatic carbocycles. The number of nitrogens with two attached hydrogens (primary N) is 1. The lowest BCUT2D eigenvalue weighted by Crippen LogP contribution is -2.45. The van der Waals surface area contributed by atoms with Gasteiger partial charge in [0.1, 0.15) is 0 Å². The van der Waals surface area contributed by atoms with Crippen LogP contribution in [0.5, 0.6) is 0 Å². The standard InChI is InChI=1S/C14H22N4O3S.2ClH/c15-8-13(19)17-10-14(20)16-9-11(12-2-1-7-22-12)18-3-5-21-6-4-18;;/h1-2,7,11H,3-6,8-10,15H2,(H,16,20)(H,17,19);2*1H. The Hall–Kier alpha value is -0.900. The highest BCUT2D eigenvalue weighted by Crippen LogP contribution is 2.25. The van der Waals surface area contributed by atoms with Crippen molar-refractivity contribution < 1.29 is 14.3 Å². The van der Waals surface area contributed by atoms with E-state index in [-0.39, 0.29) is 55.8 Å². The number of hydrogen-bond acceptors (Lipinski definition) is 6. The average Bonchev–Trinajstić information content (AvgIpc) is 3.08. The summed E-state index contributed by atoms with van der Waals surface area (Å²) >= 11 is 1.68. The van der Waals surface area contributed by atoms with Gasteiger partial charge in [-0.15, -0.1) is 36.2 Å². The number of carbonyl (C=O) groups is 2. The molecular weight excluding hydrogens is 375 g/mol. The molecule has 7 nitrogen and oxygen atoms in total. The van der Waals surface area contributed by atoms with Gasteiger partial charge in [-0.1, -0.05) is 6.07 Å². The number of carbonyl (C=O) groups excluding carboxylic acids is 2. The van der Waals surface area contributed by atoms with E-state index in [0.717, 1.165) is 13.1 Å². The van der Waals surface area contributed by atoms with Crippen LogP contribution < -0.4 is 16.4 Å². The van der Waals surface area contributed by atoms with Crippen LogP contribution in [0, 0.1) is 0 Å². The van der Waals surface area contributed by atoms with Crippen LogP contribution in [0.3, 0.4) is 0 Å². The molecule has 138 valence electrons. The van der Waals surface area contributed by atoms with Gasteiger partial charge in [-0.25, -0.2) is 0 Å². The van der Waals surface area contributed by atoms with Gasteiger partial charge in [-0.2, -0.15) is 0 Å². The topological polar surface area (TPSA) is 96.7 Å². The maximum Gasteiger partial charge on any atom is 0.239 e. The average molecular weight is 399 g/mol. The van der Waals surface area contributed by atoms with Gasteiger partial charge in [-0.3, -0.25) is 14.5 Å². The monoisotopic (exact) mass is 398 g/mol. The van der Waals surface area contributed by atoms with E-state index in [1.807, 2.05) is 11.4 Å². The number of hydrogen-bond donors (Lipinski definition) is 3. The molecule has 24 heavy (non-hydrogen) atoms. The lowest BCUT2D eigenvalue weighted by atomic mass is 10.2. The molecule has 1 atom stereocenters. The van der Waals surface area contributed by atoms with Crippen molar-refractivity contribution in [2.75, 3.05) is 45.9 Å². The summed E-state index contributed by atoms with van der Waals surface area (Å²) in [5.74, 6) is -0.547. The minimum absolute atomic E-state index is 0. The van der Waals surface area contributed by atoms with Gasteiger partial charge in [0, 0.05) is 24.5 Å². The van der Waals surface area contributed by atoms with Crippen molar-refractivity contribution in [3.05, 3.63) is 22.4 Å². The van der Waals surface area contributed by atoms with Crippen LogP contribution in [0.1, 0.15) is 10.9 Å². The molecular formula is C14H24Cl2N4O3S. The maximum atomic E-state index is 11.8. The van der Waals surface area contributed by atoms with Crippen LogP contribution in [-0.4, -0.2) is 62.7 Å². The Labute approximate surface area is 158 Å². The molecule has 0 radical (unpaired) electrons. The van der Waals surface area contributed by atoms with Crippen molar-refractivity contribution >= 4 is 48.0 Å². The molecule has 1 aliphatic rings. The van der Waals surface area contributed by atoms with E-state index in [9.17, 15) is 9.59 Å². The van der Waals surface area contributed by atoms with Crippen molar-refractivity contribution in [2.24, 2.45) is 5.73 Å². The second kappa shape index (κ2) is 12.5. The molecule has 2 rings (SSSR count). The zero-order valence-corrected chi connectivity index (χ0v) is 15.7. The smallest absolute Gasteiger partial charge is 0.239 e. The summed E-state index contributed by atoms with van der Waals surface area (Å²) in [5, 5.41) is 7.37. The predicted octanol–water partition coefficient (Wildman–Crippen LogP) is 0.156. The summed E-state index contributed by atoms with van der Waals surface area (Å²) in [5.41, 5.74) is 5.18. The zero-order valence-electron chi connectivity index (χ0n) is 13.2. The van der Waals surface area contributed by atoms with E-state index in [1.54, 1.807) is 11.3 Å². The first kappa shape index (κ1) is 23.1. The molecule has 1 aromatic rings. The number of thiophene rings is 1. The van der Waals surface area contributed by atoms with Gasteiger partial charge < -0.3 is 21.1 Å². The fourth-order valence-corrected chi connectivity index (χ4v) is 3.16. The molecule has 2 heterocycles. The summed E-state index contributed by atoms with van der Waals surface area (Å²) in [6, 6.07) is 4.22. The number of halogens is 2. The van der Waals surface area contributed by atoms with Crippen LogP contribution >= 0.6 is 36.2 Å². The Morgan fingerprint density at radius 3 is 2.54 bits per heavy atom. The fourth-order valence-electron chi connectivity index (χ4n) is 2.30. The molecule has 1 unspecified atom stereocenters. The molecule has 4 N–H and O–H groups in total. The van der Waals surface area contributed by atoms with E-state index in [0.29, 0.717) is 19.8 Å². The van der Waals surface area contributed by atoms with E-state index >= 15 is 0 Å². The number of rotatable bonds is 7. The predicted molar refractivity (Wildman–Crippen MR) is 99.0 cm³/mol. The second-order valence-corrected chi connectivity index (χ2v) is 5.94. The van der Waals surface area contributed by atoms with Gasteiger partial charge in [-0.05, 0) is 11.4 Å². The molecule has 1 fully saturated rings. The van der Waals surface area contributed by atoms with E-state index < -0.39 is 0 Å². The first-order valence-corrected chi connectivity index (χ1v) is 8.17. The van der Waals surface area contributed by atoms with Gasteiger partial charge in [0.05, 0.1) is 32.3 Å². The van der Waals surface area contributed by atoms with Gasteiger partial charge >= 0.3 is 0 Å². The van der Waals surface area contributed by atoms with Crippen LogP contribution in [0.4, 0.5) is 0 Å². The maximum absolute atomic E-state index is 11.8. The molecule has 0 spiro atoms. The van der Waals surface area contributed by atoms with E-state index in [1.165, 1.54) is 4.88 Å². The first-order valence-electron chi connectivity index (χ1n) is 7.29. The highest BCUT2D eigenvalue weighted by molar-refractivity contribution is 7.10. The Balaban J connectivity index is 0.00000264. The normalized spacial score (nSPS) is 15.5. The number of nitrogens with zero attached hydrogens (tertiary/aromatic N) is 1. The van der Waals surface area contributed by atoms with Crippen LogP contribution in [0.15, 0.2) is 17.5 Å². The summed E-state index contributed by atoms with van der Waals surface area (Å²) in [6.45, 7) is 3.47. The number of amides is 2. The summed E-state index contributed by atoms with van der Waals surface area (Å²) in [6.07, 6.45) is 0. The third-order valence-electron chi connectivity index (χ3n) is 3.48. The van der Waals surface area contributed by atoms with Gasteiger partial charge in [0.2, 0.25) is 11.8 Å². The van der Waals surface area contributed by atoms with Crippen molar-refractivity contribution in [2.45, 2.75) is 6.04 Å². The van der Waals surface area contributed by atoms with Gasteiger partial charge in [0.15, 0.2) is 0 Å². The lowest BCUT2D eigenvalue weighted by Gasteiger charge is -2.34. The number of morpholine rings is 1. The molecule has 0 bridgehead atoms. The Kier molecular flexibility index (Phi) is 12.0. The van der Waals surface area contributed by atoms with Crippen LogP contribution in [-0.2, 0) is 14.3 Å². The van der Waals surface area contributed by atoms with E-state index in [2.05, 4.69) is 21.6 Å². The number of nitrogens with one attached hydrogen (secondary N) is 2. The number of ether oxygens (including phenoxy) is 1. The minimum atomic E-state index is -0.335. The summed E-state index contributed by atoms with van der Waals surface area (Å²) in [4.78, 5) is 26.4. The Morgan fingerprint density at radius 2 is 1.96 bits per heavy atom. The molecule has 10 heteroatoms. The van der Waals surface area contributed by atoms with Crippen molar-refractivity contribution in [3.8, 4) is 0 Å². The Morgan fingerprint density at radius 1 is 1.25 bits per heavy atom. The first-order chi connectivity index (χ1) is 10.7. The fraction of sp³-hybridized carbons (Fsp3) is 0.571. The summed E-state index contributed by atoms with van der Waals surface area (Å²) in [7, 11) is 0. The van der Waals surface area contributed by atoms with E-state index in [4.69, 9.17) is 10.5 Å². The summed E-state index contributed by atoms with van der Waals surface area (Å²) < 4.78 is 5.39. The third kappa shape index (κ3) is 7.33. The molecule has 2 amide bonds. The van der Waals surface area contributed by atoms with Gasteiger partial charge in [0.25, 0.3) is 0 Å². The Bertz CT molecular complexity index is 484. The second-order valence-electron chi connectivity index (χ2n) is 4.96. The molecule has 0 aromatic carbocycles.